The quantitative estimate of drug-likeness (QED) is 0.622. The number of hydrogen-bond donors (Lipinski definition) is 1. The van der Waals surface area contributed by atoms with E-state index in [0.717, 1.165) is 10.6 Å². The Kier molecular flexibility index (Phi) is 5.36. The highest BCUT2D eigenvalue weighted by molar-refractivity contribution is 8.26. The number of thiocarbonyl (C=S) groups is 1. The first-order valence-corrected chi connectivity index (χ1v) is 9.78. The summed E-state index contributed by atoms with van der Waals surface area (Å²) in [6.07, 6.45) is 1.79. The molecule has 4 nitrogen and oxygen atoms in total. The highest BCUT2D eigenvalue weighted by Crippen LogP contribution is 2.31. The Balaban J connectivity index is 1.75. The van der Waals surface area contributed by atoms with Crippen LogP contribution in [0.15, 0.2) is 46.7 Å². The van der Waals surface area contributed by atoms with Gasteiger partial charge in [-0.2, -0.15) is 5.01 Å². The molecular formula is C18H16N2O2S3. The van der Waals surface area contributed by atoms with E-state index >= 15 is 0 Å². The maximum atomic E-state index is 12.5. The second-order valence-electron chi connectivity index (χ2n) is 5.76. The summed E-state index contributed by atoms with van der Waals surface area (Å²) >= 11 is 7.72. The Morgan fingerprint density at radius 3 is 2.56 bits per heavy atom. The van der Waals surface area contributed by atoms with Crippen molar-refractivity contribution < 1.29 is 9.59 Å². The average Bonchev–Trinajstić information content (AvgIpc) is 3.20. The van der Waals surface area contributed by atoms with E-state index in [1.807, 2.05) is 12.1 Å². The molecule has 1 aliphatic rings. The van der Waals surface area contributed by atoms with Crippen molar-refractivity contribution in [3.05, 3.63) is 62.7 Å². The molecule has 1 aliphatic heterocycles. The standard InChI is InChI=1S/C18H16N2O2S3/c1-11(2)13-7-5-12(6-8-13)10-15-17(22)20(18(23)25-15)19-16(21)14-4-3-9-24-14/h3-11H,1-2H3,(H,19,21)/b15-10+. The van der Waals surface area contributed by atoms with E-state index in [0.29, 0.717) is 20.0 Å². The highest BCUT2D eigenvalue weighted by atomic mass is 32.2. The molecule has 1 aromatic carbocycles. The van der Waals surface area contributed by atoms with Crippen molar-refractivity contribution in [2.45, 2.75) is 19.8 Å². The molecule has 0 atom stereocenters. The van der Waals surface area contributed by atoms with E-state index in [2.05, 4.69) is 31.4 Å². The molecule has 2 heterocycles. The summed E-state index contributed by atoms with van der Waals surface area (Å²) < 4.78 is 0.319. The number of nitrogens with one attached hydrogen (secondary N) is 1. The summed E-state index contributed by atoms with van der Waals surface area (Å²) in [6.45, 7) is 4.27. The lowest BCUT2D eigenvalue weighted by molar-refractivity contribution is -0.123. The number of benzene rings is 1. The molecule has 25 heavy (non-hydrogen) atoms. The minimum Gasteiger partial charge on any atom is -0.266 e. The molecule has 1 N–H and O–H groups in total. The van der Waals surface area contributed by atoms with Gasteiger partial charge in [0.2, 0.25) is 0 Å². The van der Waals surface area contributed by atoms with E-state index < -0.39 is 0 Å². The number of thioether (sulfide) groups is 1. The van der Waals surface area contributed by atoms with Crippen LogP contribution in [-0.4, -0.2) is 21.1 Å². The van der Waals surface area contributed by atoms with Crippen LogP contribution in [0.3, 0.4) is 0 Å². The Hall–Kier alpha value is -1.96. The van der Waals surface area contributed by atoms with Gasteiger partial charge in [-0.1, -0.05) is 55.9 Å². The molecular weight excluding hydrogens is 372 g/mol. The monoisotopic (exact) mass is 388 g/mol. The Labute approximate surface area is 159 Å². The third kappa shape index (κ3) is 4.00. The number of carbonyl (C=O) groups is 2. The maximum absolute atomic E-state index is 12.5. The van der Waals surface area contributed by atoms with Crippen LogP contribution in [0, 0.1) is 0 Å². The summed E-state index contributed by atoms with van der Waals surface area (Å²) in [6, 6.07) is 11.5. The molecule has 128 valence electrons. The lowest BCUT2D eigenvalue weighted by Gasteiger charge is -2.14. The van der Waals surface area contributed by atoms with E-state index in [9.17, 15) is 9.59 Å². The smallest absolute Gasteiger partial charge is 0.266 e. The fourth-order valence-electron chi connectivity index (χ4n) is 2.26. The lowest BCUT2D eigenvalue weighted by atomic mass is 10.0. The largest absolute Gasteiger partial charge is 0.285 e. The van der Waals surface area contributed by atoms with Gasteiger partial charge in [0.1, 0.15) is 0 Å². The minimum absolute atomic E-state index is 0.312. The van der Waals surface area contributed by atoms with E-state index in [1.165, 1.54) is 28.7 Å². The van der Waals surface area contributed by atoms with Gasteiger partial charge in [-0.3, -0.25) is 15.0 Å². The van der Waals surface area contributed by atoms with Crippen molar-refractivity contribution in [1.29, 1.82) is 0 Å². The van der Waals surface area contributed by atoms with Crippen molar-refractivity contribution in [2.24, 2.45) is 0 Å². The molecule has 0 bridgehead atoms. The molecule has 1 aromatic heterocycles. The summed E-state index contributed by atoms with van der Waals surface area (Å²) in [4.78, 5) is 25.7. The van der Waals surface area contributed by atoms with E-state index in [4.69, 9.17) is 12.2 Å². The third-order valence-corrected chi connectivity index (χ3v) is 5.82. The fourth-order valence-corrected chi connectivity index (χ4v) is 4.05. The number of carbonyl (C=O) groups excluding carboxylic acids is 2. The second kappa shape index (κ2) is 7.51. The van der Waals surface area contributed by atoms with Crippen LogP contribution in [0.4, 0.5) is 0 Å². The fraction of sp³-hybridized carbons (Fsp3) is 0.167. The van der Waals surface area contributed by atoms with Crippen molar-refractivity contribution in [2.75, 3.05) is 0 Å². The number of thiophene rings is 1. The molecule has 1 fully saturated rings. The first-order valence-electron chi connectivity index (χ1n) is 7.68. The molecule has 0 aliphatic carbocycles. The molecule has 0 unspecified atom stereocenters. The van der Waals surface area contributed by atoms with Crippen molar-refractivity contribution >= 4 is 57.5 Å². The molecule has 0 radical (unpaired) electrons. The zero-order valence-electron chi connectivity index (χ0n) is 13.7. The van der Waals surface area contributed by atoms with Gasteiger partial charge in [-0.25, -0.2) is 0 Å². The first kappa shape index (κ1) is 17.8. The molecule has 1 saturated heterocycles. The molecule has 2 amide bonds. The van der Waals surface area contributed by atoms with Gasteiger partial charge in [-0.05, 0) is 46.8 Å². The van der Waals surface area contributed by atoms with Crippen LogP contribution >= 0.6 is 35.3 Å². The topological polar surface area (TPSA) is 49.4 Å². The van der Waals surface area contributed by atoms with Gasteiger partial charge in [0.15, 0.2) is 4.32 Å². The van der Waals surface area contributed by atoms with E-state index in [-0.39, 0.29) is 11.8 Å². The van der Waals surface area contributed by atoms with Crippen molar-refractivity contribution in [3.8, 4) is 0 Å². The summed E-state index contributed by atoms with van der Waals surface area (Å²) in [7, 11) is 0. The zero-order chi connectivity index (χ0) is 18.0. The minimum atomic E-state index is -0.339. The van der Waals surface area contributed by atoms with Gasteiger partial charge in [0.25, 0.3) is 11.8 Å². The third-order valence-electron chi connectivity index (χ3n) is 3.65. The molecule has 2 aromatic rings. The van der Waals surface area contributed by atoms with Crippen LogP contribution in [0.2, 0.25) is 0 Å². The SMILES string of the molecule is CC(C)c1ccc(/C=C2/SC(=S)N(NC(=O)c3cccs3)C2=O)cc1. The predicted octanol–water partition coefficient (Wildman–Crippen LogP) is 4.42. The zero-order valence-corrected chi connectivity index (χ0v) is 16.1. The number of hydrogen-bond acceptors (Lipinski definition) is 5. The van der Waals surface area contributed by atoms with Gasteiger partial charge < -0.3 is 0 Å². The number of rotatable bonds is 4. The Morgan fingerprint density at radius 2 is 1.96 bits per heavy atom. The Bertz CT molecular complexity index is 840. The molecule has 0 spiro atoms. The van der Waals surface area contributed by atoms with Gasteiger partial charge in [-0.15, -0.1) is 11.3 Å². The van der Waals surface area contributed by atoms with Crippen molar-refractivity contribution in [3.63, 3.8) is 0 Å². The maximum Gasteiger partial charge on any atom is 0.285 e. The molecule has 7 heteroatoms. The summed E-state index contributed by atoms with van der Waals surface area (Å²) in [5, 5.41) is 2.94. The molecule has 0 saturated carbocycles. The second-order valence-corrected chi connectivity index (χ2v) is 8.38. The average molecular weight is 389 g/mol. The summed E-state index contributed by atoms with van der Waals surface area (Å²) in [5.41, 5.74) is 4.74. The van der Waals surface area contributed by atoms with Crippen LogP contribution < -0.4 is 5.43 Å². The van der Waals surface area contributed by atoms with E-state index in [1.54, 1.807) is 23.6 Å². The normalized spacial score (nSPS) is 16.1. The van der Waals surface area contributed by atoms with Crippen LogP contribution in [0.25, 0.3) is 6.08 Å². The lowest BCUT2D eigenvalue weighted by Crippen LogP contribution is -2.44. The number of hydrazine groups is 1. The van der Waals surface area contributed by atoms with Gasteiger partial charge >= 0.3 is 0 Å². The van der Waals surface area contributed by atoms with Crippen LogP contribution in [-0.2, 0) is 4.79 Å². The highest BCUT2D eigenvalue weighted by Gasteiger charge is 2.33. The number of nitrogens with zero attached hydrogens (tertiary/aromatic N) is 1. The van der Waals surface area contributed by atoms with Crippen molar-refractivity contribution in [1.82, 2.24) is 10.4 Å². The van der Waals surface area contributed by atoms with Gasteiger partial charge in [0.05, 0.1) is 9.78 Å². The predicted molar refractivity (Wildman–Crippen MR) is 107 cm³/mol. The number of amides is 2. The summed E-state index contributed by atoms with van der Waals surface area (Å²) in [5.74, 6) is -0.193. The van der Waals surface area contributed by atoms with Crippen LogP contribution in [0.1, 0.15) is 40.6 Å². The van der Waals surface area contributed by atoms with Gasteiger partial charge in [0, 0.05) is 0 Å². The first-order chi connectivity index (χ1) is 12.0. The Morgan fingerprint density at radius 1 is 1.24 bits per heavy atom. The van der Waals surface area contributed by atoms with Crippen LogP contribution in [0.5, 0.6) is 0 Å². The molecule has 3 rings (SSSR count).